The van der Waals surface area contributed by atoms with Crippen LogP contribution >= 0.6 is 11.8 Å². The molecule has 0 saturated carbocycles. The van der Waals surface area contributed by atoms with Crippen molar-refractivity contribution in [2.75, 3.05) is 25.4 Å². The lowest BCUT2D eigenvalue weighted by atomic mass is 10.0. The standard InChI is InChI=1S/C35H68N2O7S/c1-4-6-8-10-12-14-16-18-20-22-24-36(25-23-21-19-17-15-13-11-9-7-5-2)34(44)29-27-45-35(37(29)28(3)39)33(43)32(42)31(41)30(40)26-38/h29-33,35,38,40-43H,4-27H2,1-3H3/t29?,30-,31-,32+,33+,35?/m1/s1. The molecule has 0 aromatic carbocycles. The van der Waals surface area contributed by atoms with Gasteiger partial charge >= 0.3 is 0 Å². The van der Waals surface area contributed by atoms with Gasteiger partial charge in [-0.05, 0) is 12.8 Å². The maximum atomic E-state index is 13.9. The Morgan fingerprint density at radius 2 is 1.09 bits per heavy atom. The largest absolute Gasteiger partial charge is 0.394 e. The highest BCUT2D eigenvalue weighted by molar-refractivity contribution is 8.00. The third-order valence-electron chi connectivity index (χ3n) is 9.13. The summed E-state index contributed by atoms with van der Waals surface area (Å²) in [5.74, 6) is -0.257. The molecule has 1 aliphatic rings. The molecule has 10 heteroatoms. The number of nitrogens with zero attached hydrogens (tertiary/aromatic N) is 2. The number of hydrogen-bond donors (Lipinski definition) is 5. The molecular formula is C35H68N2O7S. The van der Waals surface area contributed by atoms with Crippen molar-refractivity contribution >= 4 is 23.6 Å². The average Bonchev–Trinajstić information content (AvgIpc) is 3.49. The van der Waals surface area contributed by atoms with Crippen molar-refractivity contribution in [1.82, 2.24) is 9.80 Å². The fourth-order valence-electron chi connectivity index (χ4n) is 6.21. The molecule has 0 aromatic rings. The maximum Gasteiger partial charge on any atom is 0.246 e. The van der Waals surface area contributed by atoms with Crippen molar-refractivity contribution in [2.45, 2.75) is 185 Å². The van der Waals surface area contributed by atoms with Crippen molar-refractivity contribution in [3.8, 4) is 0 Å². The molecule has 1 saturated heterocycles. The summed E-state index contributed by atoms with van der Waals surface area (Å²) in [4.78, 5) is 29.9. The van der Waals surface area contributed by atoms with Crippen molar-refractivity contribution in [3.05, 3.63) is 0 Å². The van der Waals surface area contributed by atoms with Gasteiger partial charge in [-0.2, -0.15) is 0 Å². The first kappa shape index (κ1) is 42.1. The number of carbonyl (C=O) groups excluding carboxylic acids is 2. The van der Waals surface area contributed by atoms with Crippen LogP contribution in [0.25, 0.3) is 0 Å². The molecule has 45 heavy (non-hydrogen) atoms. The fraction of sp³-hybridized carbons (Fsp3) is 0.943. The molecule has 1 heterocycles. The number of amides is 2. The summed E-state index contributed by atoms with van der Waals surface area (Å²) in [5, 5.41) is 49.4. The van der Waals surface area contributed by atoms with Crippen LogP contribution in [0.2, 0.25) is 0 Å². The van der Waals surface area contributed by atoms with Gasteiger partial charge in [0.25, 0.3) is 0 Å². The Morgan fingerprint density at radius 1 is 0.689 bits per heavy atom. The van der Waals surface area contributed by atoms with Gasteiger partial charge < -0.3 is 35.3 Å². The number of aliphatic hydroxyl groups is 5. The molecule has 266 valence electrons. The Morgan fingerprint density at radius 3 is 1.47 bits per heavy atom. The number of rotatable bonds is 28. The molecule has 2 amide bonds. The van der Waals surface area contributed by atoms with E-state index in [-0.39, 0.29) is 11.7 Å². The Hall–Kier alpha value is -0.910. The van der Waals surface area contributed by atoms with Crippen LogP contribution < -0.4 is 0 Å². The summed E-state index contributed by atoms with van der Waals surface area (Å²) >= 11 is 1.19. The second-order valence-corrected chi connectivity index (χ2v) is 14.2. The minimum Gasteiger partial charge on any atom is -0.394 e. The number of carbonyl (C=O) groups is 2. The Balaban J connectivity index is 2.73. The van der Waals surface area contributed by atoms with Crippen molar-refractivity contribution in [1.29, 1.82) is 0 Å². The van der Waals surface area contributed by atoms with E-state index in [9.17, 15) is 30.0 Å². The predicted octanol–water partition coefficient (Wildman–Crippen LogP) is 5.38. The first-order valence-corrected chi connectivity index (χ1v) is 19.3. The Bertz CT molecular complexity index is 738. The molecule has 0 radical (unpaired) electrons. The van der Waals surface area contributed by atoms with E-state index in [1.165, 1.54) is 113 Å². The fourth-order valence-corrected chi connectivity index (χ4v) is 7.71. The van der Waals surface area contributed by atoms with Gasteiger partial charge in [-0.3, -0.25) is 9.59 Å². The summed E-state index contributed by atoms with van der Waals surface area (Å²) in [7, 11) is 0. The first-order chi connectivity index (χ1) is 21.7. The third kappa shape index (κ3) is 16.7. The molecule has 0 aliphatic carbocycles. The van der Waals surface area contributed by atoms with E-state index in [1.54, 1.807) is 0 Å². The molecule has 0 spiro atoms. The van der Waals surface area contributed by atoms with Crippen molar-refractivity contribution < 1.29 is 35.1 Å². The zero-order chi connectivity index (χ0) is 33.5. The average molecular weight is 661 g/mol. The van der Waals surface area contributed by atoms with Crippen LogP contribution in [0.15, 0.2) is 0 Å². The topological polar surface area (TPSA) is 142 Å². The lowest BCUT2D eigenvalue weighted by Gasteiger charge is -2.36. The molecule has 5 N–H and O–H groups in total. The monoisotopic (exact) mass is 660 g/mol. The number of unbranched alkanes of at least 4 members (excludes halogenated alkanes) is 18. The van der Waals surface area contributed by atoms with E-state index in [4.69, 9.17) is 5.11 Å². The Labute approximate surface area is 278 Å². The SMILES string of the molecule is CCCCCCCCCCCCN(CCCCCCCCCCCC)C(=O)C1CSC([C@@H](O)[C@@H](O)[C@H](O)[C@H](O)CO)N1C(C)=O. The second kappa shape index (κ2) is 26.1. The summed E-state index contributed by atoms with van der Waals surface area (Å²) in [5.41, 5.74) is 0. The highest BCUT2D eigenvalue weighted by Crippen LogP contribution is 2.34. The quantitative estimate of drug-likeness (QED) is 0.0705. The van der Waals surface area contributed by atoms with Gasteiger partial charge in [0.2, 0.25) is 11.8 Å². The van der Waals surface area contributed by atoms with Crippen LogP contribution in [-0.2, 0) is 9.59 Å². The van der Waals surface area contributed by atoms with E-state index in [0.29, 0.717) is 13.1 Å². The van der Waals surface area contributed by atoms with Gasteiger partial charge in [-0.1, -0.05) is 129 Å². The molecule has 1 fully saturated rings. The van der Waals surface area contributed by atoms with Gasteiger partial charge in [0.15, 0.2) is 0 Å². The predicted molar refractivity (Wildman–Crippen MR) is 184 cm³/mol. The number of thioether (sulfide) groups is 1. The van der Waals surface area contributed by atoms with Gasteiger partial charge in [-0.25, -0.2) is 0 Å². The van der Waals surface area contributed by atoms with E-state index < -0.39 is 48.3 Å². The van der Waals surface area contributed by atoms with Crippen LogP contribution in [0.5, 0.6) is 0 Å². The van der Waals surface area contributed by atoms with E-state index in [1.807, 2.05) is 4.90 Å². The number of aliphatic hydroxyl groups excluding tert-OH is 5. The van der Waals surface area contributed by atoms with Gasteiger partial charge in [0.05, 0.1) is 6.61 Å². The second-order valence-electron chi connectivity index (χ2n) is 13.1. The molecule has 0 bridgehead atoms. The molecule has 0 aromatic heterocycles. The highest BCUT2D eigenvalue weighted by Gasteiger charge is 2.47. The smallest absolute Gasteiger partial charge is 0.246 e. The van der Waals surface area contributed by atoms with Crippen LogP contribution in [0.4, 0.5) is 0 Å². The zero-order valence-electron chi connectivity index (χ0n) is 28.8. The van der Waals surface area contributed by atoms with Crippen LogP contribution in [-0.4, -0.2) is 108 Å². The lowest BCUT2D eigenvalue weighted by molar-refractivity contribution is -0.150. The van der Waals surface area contributed by atoms with E-state index in [0.717, 1.165) is 38.5 Å². The van der Waals surface area contributed by atoms with Gasteiger partial charge in [0, 0.05) is 25.8 Å². The maximum absolute atomic E-state index is 13.9. The van der Waals surface area contributed by atoms with E-state index in [2.05, 4.69) is 13.8 Å². The summed E-state index contributed by atoms with van der Waals surface area (Å²) in [6.07, 6.45) is 17.4. The molecule has 1 rings (SSSR count). The van der Waals surface area contributed by atoms with Gasteiger partial charge in [0.1, 0.15) is 35.8 Å². The molecule has 1 aliphatic heterocycles. The lowest BCUT2D eigenvalue weighted by Crippen LogP contribution is -2.57. The van der Waals surface area contributed by atoms with E-state index >= 15 is 0 Å². The highest BCUT2D eigenvalue weighted by atomic mass is 32.2. The van der Waals surface area contributed by atoms with Crippen molar-refractivity contribution in [3.63, 3.8) is 0 Å². The molecule has 9 nitrogen and oxygen atoms in total. The minimum absolute atomic E-state index is 0.135. The van der Waals surface area contributed by atoms with Crippen LogP contribution in [0.1, 0.15) is 149 Å². The number of hydrogen-bond acceptors (Lipinski definition) is 8. The Kier molecular flexibility index (Phi) is 24.4. The van der Waals surface area contributed by atoms with Crippen LogP contribution in [0, 0.1) is 0 Å². The zero-order valence-corrected chi connectivity index (χ0v) is 29.6. The van der Waals surface area contributed by atoms with Crippen molar-refractivity contribution in [2.24, 2.45) is 0 Å². The summed E-state index contributed by atoms with van der Waals surface area (Å²) < 4.78 is 0. The minimum atomic E-state index is -1.80. The third-order valence-corrected chi connectivity index (χ3v) is 10.5. The summed E-state index contributed by atoms with van der Waals surface area (Å²) in [6.45, 7) is 6.29. The normalized spacial score (nSPS) is 19.4. The molecule has 6 atom stereocenters. The first-order valence-electron chi connectivity index (χ1n) is 18.2. The molecule has 2 unspecified atom stereocenters. The van der Waals surface area contributed by atoms with Gasteiger partial charge in [-0.15, -0.1) is 11.8 Å². The van der Waals surface area contributed by atoms with Crippen LogP contribution in [0.3, 0.4) is 0 Å². The summed E-state index contributed by atoms with van der Waals surface area (Å²) in [6, 6.07) is -0.773. The molecular weight excluding hydrogens is 592 g/mol.